The molecule has 0 aromatic carbocycles. The fraction of sp³-hybridized carbons (Fsp3) is 0.947. The fourth-order valence-corrected chi connectivity index (χ4v) is 8.70. The predicted octanol–water partition coefficient (Wildman–Crippen LogP) is 18.5. The van der Waals surface area contributed by atoms with Gasteiger partial charge in [-0.2, -0.15) is 0 Å². The van der Waals surface area contributed by atoms with Gasteiger partial charge in [0.1, 0.15) is 13.2 Å². The number of rotatable bonds is 51. The van der Waals surface area contributed by atoms with Gasteiger partial charge in [0, 0.05) is 19.3 Å². The smallest absolute Gasteiger partial charge is 0.306 e. The molecule has 0 heterocycles. The van der Waals surface area contributed by atoms with Gasteiger partial charge in [-0.25, -0.2) is 0 Å². The molecule has 0 aliphatic rings. The number of carbonyl (C=O) groups is 3. The van der Waals surface area contributed by atoms with Crippen molar-refractivity contribution >= 4 is 17.9 Å². The van der Waals surface area contributed by atoms with Crippen LogP contribution in [0.3, 0.4) is 0 Å². The van der Waals surface area contributed by atoms with Crippen molar-refractivity contribution in [3.8, 4) is 0 Å². The summed E-state index contributed by atoms with van der Waals surface area (Å²) in [5.41, 5.74) is 0. The highest BCUT2D eigenvalue weighted by Crippen LogP contribution is 2.18. The highest BCUT2D eigenvalue weighted by molar-refractivity contribution is 5.71. The van der Waals surface area contributed by atoms with Crippen LogP contribution in [0, 0.1) is 11.8 Å². The van der Waals surface area contributed by atoms with Crippen LogP contribution in [0.4, 0.5) is 0 Å². The van der Waals surface area contributed by atoms with Gasteiger partial charge >= 0.3 is 17.9 Å². The van der Waals surface area contributed by atoms with Crippen LogP contribution in [-0.4, -0.2) is 37.2 Å². The normalized spacial score (nSPS) is 12.0. The first-order valence-electron chi connectivity index (χ1n) is 28.2. The minimum absolute atomic E-state index is 0.0638. The van der Waals surface area contributed by atoms with Gasteiger partial charge in [0.25, 0.3) is 0 Å². The Kier molecular flexibility index (Phi) is 48.6. The summed E-state index contributed by atoms with van der Waals surface area (Å²) >= 11 is 0. The second-order valence-electron chi connectivity index (χ2n) is 20.5. The predicted molar refractivity (Wildman–Crippen MR) is 270 cm³/mol. The molecule has 0 unspecified atom stereocenters. The molecule has 0 spiro atoms. The first kappa shape index (κ1) is 61.4. The highest BCUT2D eigenvalue weighted by atomic mass is 16.6. The molecule has 0 N–H and O–H groups in total. The molecule has 0 radical (unpaired) electrons. The first-order chi connectivity index (χ1) is 30.7. The van der Waals surface area contributed by atoms with Crippen molar-refractivity contribution in [2.24, 2.45) is 11.8 Å². The maximum Gasteiger partial charge on any atom is 0.306 e. The van der Waals surface area contributed by atoms with Crippen LogP contribution in [0.2, 0.25) is 0 Å². The van der Waals surface area contributed by atoms with Crippen LogP contribution in [0.5, 0.6) is 0 Å². The van der Waals surface area contributed by atoms with Crippen LogP contribution in [-0.2, 0) is 28.6 Å². The average Bonchev–Trinajstić information content (AvgIpc) is 3.25. The van der Waals surface area contributed by atoms with Crippen LogP contribution >= 0.6 is 0 Å². The van der Waals surface area contributed by atoms with Gasteiger partial charge in [-0.3, -0.25) is 14.4 Å². The number of hydrogen-bond donors (Lipinski definition) is 0. The van der Waals surface area contributed by atoms with E-state index in [1.807, 2.05) is 0 Å². The monoisotopic (exact) mass is 891 g/mol. The lowest BCUT2D eigenvalue weighted by atomic mass is 10.0. The molecule has 0 saturated carbocycles. The molecular formula is C57H110O6. The number of unbranched alkanes of at least 4 members (excludes halogenated alkanes) is 36. The van der Waals surface area contributed by atoms with E-state index in [1.54, 1.807) is 0 Å². The van der Waals surface area contributed by atoms with E-state index in [0.29, 0.717) is 19.3 Å². The van der Waals surface area contributed by atoms with E-state index in [0.717, 1.165) is 69.6 Å². The van der Waals surface area contributed by atoms with Crippen molar-refractivity contribution in [1.82, 2.24) is 0 Å². The van der Waals surface area contributed by atoms with Crippen molar-refractivity contribution < 1.29 is 28.6 Å². The molecule has 6 heteroatoms. The summed E-state index contributed by atoms with van der Waals surface area (Å²) in [6.45, 7) is 11.3. The standard InChI is InChI=1S/C57H110O6/c1-6-7-8-9-10-11-12-13-14-15-20-23-26-29-32-39-44-49-57(60)63-54(51-62-56(59)48-43-38-34-33-36-41-46-53(4)5)50-61-55(58)47-42-37-31-28-25-22-19-17-16-18-21-24-27-30-35-40-45-52(2)3/h52-54H,6-51H2,1-5H3/t54-/m0/s1. The molecule has 1 atom stereocenters. The third kappa shape index (κ3) is 51.3. The number of ether oxygens (including phenoxy) is 3. The Morgan fingerprint density at radius 2 is 0.524 bits per heavy atom. The number of esters is 3. The highest BCUT2D eigenvalue weighted by Gasteiger charge is 2.19. The summed E-state index contributed by atoms with van der Waals surface area (Å²) in [6.07, 6.45) is 52.5. The summed E-state index contributed by atoms with van der Waals surface area (Å²) in [5.74, 6) is 0.769. The minimum atomic E-state index is -0.762. The Morgan fingerprint density at radius 3 is 0.778 bits per heavy atom. The average molecular weight is 892 g/mol. The van der Waals surface area contributed by atoms with Gasteiger partial charge in [0.2, 0.25) is 0 Å². The van der Waals surface area contributed by atoms with Crippen LogP contribution in [0.25, 0.3) is 0 Å². The second kappa shape index (κ2) is 49.8. The Hall–Kier alpha value is -1.59. The maximum atomic E-state index is 12.8. The van der Waals surface area contributed by atoms with Gasteiger partial charge in [-0.1, -0.05) is 279 Å². The van der Waals surface area contributed by atoms with Crippen molar-refractivity contribution in [3.05, 3.63) is 0 Å². The Balaban J connectivity index is 4.21. The number of carbonyl (C=O) groups excluding carboxylic acids is 3. The lowest BCUT2D eigenvalue weighted by Crippen LogP contribution is -2.30. The summed E-state index contributed by atoms with van der Waals surface area (Å²) in [6, 6.07) is 0. The Labute approximate surface area is 393 Å². The van der Waals surface area contributed by atoms with E-state index >= 15 is 0 Å². The SMILES string of the molecule is CCCCCCCCCCCCCCCCCCCC(=O)O[C@@H](COC(=O)CCCCCCCCCCCCCCCCCCC(C)C)COC(=O)CCCCCCCCC(C)C. The minimum Gasteiger partial charge on any atom is -0.462 e. The zero-order valence-electron chi connectivity index (χ0n) is 43.2. The molecule has 0 rings (SSSR count). The molecule has 0 aliphatic heterocycles. The van der Waals surface area contributed by atoms with Gasteiger partial charge in [-0.15, -0.1) is 0 Å². The van der Waals surface area contributed by atoms with Gasteiger partial charge < -0.3 is 14.2 Å². The molecule has 0 amide bonds. The van der Waals surface area contributed by atoms with Gasteiger partial charge in [-0.05, 0) is 31.1 Å². The van der Waals surface area contributed by atoms with Crippen LogP contribution in [0.1, 0.15) is 317 Å². The van der Waals surface area contributed by atoms with E-state index < -0.39 is 6.10 Å². The molecule has 374 valence electrons. The van der Waals surface area contributed by atoms with E-state index in [2.05, 4.69) is 34.6 Å². The Bertz CT molecular complexity index is 962. The number of hydrogen-bond acceptors (Lipinski definition) is 6. The topological polar surface area (TPSA) is 78.9 Å². The zero-order chi connectivity index (χ0) is 46.1. The molecule has 0 aliphatic carbocycles. The molecule has 0 fully saturated rings. The third-order valence-corrected chi connectivity index (χ3v) is 13.0. The quantitative estimate of drug-likeness (QED) is 0.0344. The fourth-order valence-electron chi connectivity index (χ4n) is 8.70. The Morgan fingerprint density at radius 1 is 0.302 bits per heavy atom. The van der Waals surface area contributed by atoms with Crippen molar-refractivity contribution in [1.29, 1.82) is 0 Å². The third-order valence-electron chi connectivity index (χ3n) is 13.0. The lowest BCUT2D eigenvalue weighted by Gasteiger charge is -2.18. The zero-order valence-corrected chi connectivity index (χ0v) is 43.2. The summed E-state index contributed by atoms with van der Waals surface area (Å²) in [7, 11) is 0. The largest absolute Gasteiger partial charge is 0.462 e. The maximum absolute atomic E-state index is 12.8. The molecular weight excluding hydrogens is 781 g/mol. The summed E-state index contributed by atoms with van der Waals surface area (Å²) < 4.78 is 16.8. The molecule has 0 saturated heterocycles. The summed E-state index contributed by atoms with van der Waals surface area (Å²) in [4.78, 5) is 38.0. The van der Waals surface area contributed by atoms with E-state index in [9.17, 15) is 14.4 Å². The molecule has 0 aromatic heterocycles. The van der Waals surface area contributed by atoms with Crippen LogP contribution in [0.15, 0.2) is 0 Å². The van der Waals surface area contributed by atoms with Gasteiger partial charge in [0.15, 0.2) is 6.10 Å². The van der Waals surface area contributed by atoms with E-state index in [1.165, 1.54) is 205 Å². The van der Waals surface area contributed by atoms with Gasteiger partial charge in [0.05, 0.1) is 0 Å². The molecule has 0 bridgehead atoms. The van der Waals surface area contributed by atoms with Crippen molar-refractivity contribution in [2.45, 2.75) is 323 Å². The van der Waals surface area contributed by atoms with Crippen molar-refractivity contribution in [3.63, 3.8) is 0 Å². The van der Waals surface area contributed by atoms with Crippen molar-refractivity contribution in [2.75, 3.05) is 13.2 Å². The molecule has 0 aromatic rings. The van der Waals surface area contributed by atoms with E-state index in [4.69, 9.17) is 14.2 Å². The van der Waals surface area contributed by atoms with Crippen LogP contribution < -0.4 is 0 Å². The molecule has 6 nitrogen and oxygen atoms in total. The first-order valence-corrected chi connectivity index (χ1v) is 28.2. The molecule has 63 heavy (non-hydrogen) atoms. The van der Waals surface area contributed by atoms with E-state index in [-0.39, 0.29) is 31.1 Å². The second-order valence-corrected chi connectivity index (χ2v) is 20.5. The lowest BCUT2D eigenvalue weighted by molar-refractivity contribution is -0.167. The summed E-state index contributed by atoms with van der Waals surface area (Å²) in [5, 5.41) is 0.